The summed E-state index contributed by atoms with van der Waals surface area (Å²) in [5, 5.41) is 13.7. The molecule has 8 heteroatoms. The number of fused-ring (bicyclic) bond motifs is 1. The normalized spacial score (nSPS) is 16.8. The predicted octanol–water partition coefficient (Wildman–Crippen LogP) is 5.81. The number of anilines is 1. The van der Waals surface area contributed by atoms with Gasteiger partial charge < -0.3 is 9.88 Å². The lowest BCUT2D eigenvalue weighted by molar-refractivity contribution is -0.115. The van der Waals surface area contributed by atoms with E-state index in [1.54, 1.807) is 11.3 Å². The van der Waals surface area contributed by atoms with Crippen molar-refractivity contribution >= 4 is 44.9 Å². The van der Waals surface area contributed by atoms with Crippen LogP contribution in [0.2, 0.25) is 0 Å². The fourth-order valence-electron chi connectivity index (χ4n) is 4.00. The highest BCUT2D eigenvalue weighted by Crippen LogP contribution is 2.46. The summed E-state index contributed by atoms with van der Waals surface area (Å²) in [5.41, 5.74) is 3.04. The highest BCUT2D eigenvalue weighted by molar-refractivity contribution is 8.00. The first-order chi connectivity index (χ1) is 16.1. The molecule has 4 aromatic rings. The fourth-order valence-corrected chi connectivity index (χ4v) is 5.92. The zero-order valence-electron chi connectivity index (χ0n) is 18.4. The largest absolute Gasteiger partial charge is 0.325 e. The third-order valence-corrected chi connectivity index (χ3v) is 8.21. The van der Waals surface area contributed by atoms with Crippen molar-refractivity contribution in [3.8, 4) is 0 Å². The molecule has 0 bridgehead atoms. The number of nitrogens with zero attached hydrogens (tertiary/aromatic N) is 4. The summed E-state index contributed by atoms with van der Waals surface area (Å²) in [7, 11) is 0. The maximum atomic E-state index is 12.8. The summed E-state index contributed by atoms with van der Waals surface area (Å²) < 4.78 is 3.51. The molecule has 0 saturated heterocycles. The number of nitrogens with one attached hydrogen (secondary N) is 1. The zero-order valence-corrected chi connectivity index (χ0v) is 20.0. The van der Waals surface area contributed by atoms with Gasteiger partial charge in [-0.25, -0.2) is 4.98 Å². The monoisotopic (exact) mass is 475 g/mol. The molecule has 6 rings (SSSR count). The van der Waals surface area contributed by atoms with Crippen LogP contribution < -0.4 is 5.32 Å². The highest BCUT2D eigenvalue weighted by Gasteiger charge is 2.37. The second-order valence-electron chi connectivity index (χ2n) is 8.91. The molecule has 1 N–H and O–H groups in total. The topological polar surface area (TPSA) is 72.7 Å². The van der Waals surface area contributed by atoms with Crippen molar-refractivity contribution in [1.82, 2.24) is 19.7 Å². The van der Waals surface area contributed by atoms with E-state index in [4.69, 9.17) is 4.98 Å². The quantitative estimate of drug-likeness (QED) is 0.326. The van der Waals surface area contributed by atoms with Gasteiger partial charge in [-0.3, -0.25) is 4.79 Å². The molecule has 6 nitrogen and oxygen atoms in total. The maximum Gasteiger partial charge on any atom is 0.237 e. The molecule has 0 unspecified atom stereocenters. The number of carbonyl (C=O) groups is 1. The van der Waals surface area contributed by atoms with E-state index in [1.807, 2.05) is 37.3 Å². The molecule has 0 aliphatic heterocycles. The molecule has 1 amide bonds. The average molecular weight is 476 g/mol. The van der Waals surface area contributed by atoms with Crippen LogP contribution in [-0.2, 0) is 11.2 Å². The van der Waals surface area contributed by atoms with Gasteiger partial charge in [-0.05, 0) is 62.4 Å². The van der Waals surface area contributed by atoms with E-state index < -0.39 is 0 Å². The number of thioether (sulfide) groups is 1. The standard InChI is InChI=1S/C25H25N5OS2/c1-15(32-25-29-28-23(17-8-9-17)30(25)19-12-13-19)24(31)26-18-10-6-16(7-11-18)14-22-27-20-4-2-3-5-21(20)33-22/h2-7,10-11,15,17,19H,8-9,12-14H2,1H3,(H,26,31)/t15-/m1/s1. The zero-order chi connectivity index (χ0) is 22.4. The smallest absolute Gasteiger partial charge is 0.237 e. The van der Waals surface area contributed by atoms with E-state index in [9.17, 15) is 4.79 Å². The fraction of sp³-hybridized carbons (Fsp3) is 0.360. The van der Waals surface area contributed by atoms with Gasteiger partial charge in [0.1, 0.15) is 5.82 Å². The van der Waals surface area contributed by atoms with E-state index >= 15 is 0 Å². The van der Waals surface area contributed by atoms with Crippen molar-refractivity contribution in [3.63, 3.8) is 0 Å². The molecule has 1 atom stereocenters. The van der Waals surface area contributed by atoms with Crippen molar-refractivity contribution in [1.29, 1.82) is 0 Å². The summed E-state index contributed by atoms with van der Waals surface area (Å²) in [6, 6.07) is 16.8. The molecule has 0 spiro atoms. The third kappa shape index (κ3) is 4.54. The minimum atomic E-state index is -0.249. The maximum absolute atomic E-state index is 12.8. The molecule has 33 heavy (non-hydrogen) atoms. The number of rotatable bonds is 8. The summed E-state index contributed by atoms with van der Waals surface area (Å²) in [6.07, 6.45) is 5.59. The molecular weight excluding hydrogens is 450 g/mol. The van der Waals surface area contributed by atoms with Gasteiger partial charge in [0, 0.05) is 24.1 Å². The molecule has 2 aromatic carbocycles. The van der Waals surface area contributed by atoms with Crippen molar-refractivity contribution in [2.75, 3.05) is 5.32 Å². The van der Waals surface area contributed by atoms with Crippen LogP contribution in [0.15, 0.2) is 53.7 Å². The van der Waals surface area contributed by atoms with Crippen molar-refractivity contribution in [2.24, 2.45) is 0 Å². The van der Waals surface area contributed by atoms with E-state index in [0.717, 1.165) is 33.6 Å². The van der Waals surface area contributed by atoms with Gasteiger partial charge in [0.15, 0.2) is 5.16 Å². The van der Waals surface area contributed by atoms with Crippen LogP contribution in [-0.4, -0.2) is 30.9 Å². The van der Waals surface area contributed by atoms with Gasteiger partial charge in [-0.2, -0.15) is 0 Å². The Kier molecular flexibility index (Phi) is 5.42. The van der Waals surface area contributed by atoms with Crippen LogP contribution in [0.25, 0.3) is 10.2 Å². The molecule has 2 aromatic heterocycles. The first kappa shape index (κ1) is 20.9. The third-order valence-electron chi connectivity index (χ3n) is 6.11. The number of hydrogen-bond acceptors (Lipinski definition) is 6. The number of hydrogen-bond donors (Lipinski definition) is 1. The number of carbonyl (C=O) groups excluding carboxylic acids is 1. The Bertz CT molecular complexity index is 1270. The lowest BCUT2D eigenvalue weighted by atomic mass is 10.1. The molecule has 168 valence electrons. The lowest BCUT2D eigenvalue weighted by Gasteiger charge is -2.13. The average Bonchev–Trinajstić information content (AvgIpc) is 3.75. The molecular formula is C25H25N5OS2. The van der Waals surface area contributed by atoms with Gasteiger partial charge in [0.25, 0.3) is 0 Å². The van der Waals surface area contributed by atoms with Crippen LogP contribution >= 0.6 is 23.1 Å². The van der Waals surface area contributed by atoms with E-state index in [2.05, 4.69) is 38.3 Å². The van der Waals surface area contributed by atoms with Crippen molar-refractivity contribution < 1.29 is 4.79 Å². The summed E-state index contributed by atoms with van der Waals surface area (Å²) in [6.45, 7) is 1.93. The van der Waals surface area contributed by atoms with Crippen LogP contribution in [0, 0.1) is 0 Å². The van der Waals surface area contributed by atoms with Crippen LogP contribution in [0.5, 0.6) is 0 Å². The molecule has 2 aliphatic rings. The Labute approximate surface area is 200 Å². The Morgan fingerprint density at radius 1 is 1.12 bits per heavy atom. The summed E-state index contributed by atoms with van der Waals surface area (Å²) >= 11 is 3.24. The summed E-state index contributed by atoms with van der Waals surface area (Å²) in [5.74, 6) is 1.67. The minimum Gasteiger partial charge on any atom is -0.325 e. The van der Waals surface area contributed by atoms with Gasteiger partial charge in [-0.1, -0.05) is 36.0 Å². The molecule has 2 saturated carbocycles. The Morgan fingerprint density at radius 2 is 1.91 bits per heavy atom. The number of aromatic nitrogens is 4. The van der Waals surface area contributed by atoms with Crippen molar-refractivity contribution in [3.05, 3.63) is 64.9 Å². The van der Waals surface area contributed by atoms with Gasteiger partial charge in [0.2, 0.25) is 5.91 Å². The first-order valence-electron chi connectivity index (χ1n) is 11.5. The number of amides is 1. The van der Waals surface area contributed by atoms with Crippen LogP contribution in [0.4, 0.5) is 5.69 Å². The lowest BCUT2D eigenvalue weighted by Crippen LogP contribution is -2.23. The second-order valence-corrected chi connectivity index (χ2v) is 11.3. The SMILES string of the molecule is C[C@@H](Sc1nnc(C2CC2)n1C1CC1)C(=O)Nc1ccc(Cc2nc3ccccc3s2)cc1. The minimum absolute atomic E-state index is 0.0164. The number of para-hydroxylation sites is 1. The molecule has 2 fully saturated rings. The molecule has 0 radical (unpaired) electrons. The van der Waals surface area contributed by atoms with Crippen LogP contribution in [0.1, 0.15) is 61.0 Å². The Morgan fingerprint density at radius 3 is 2.64 bits per heavy atom. The highest BCUT2D eigenvalue weighted by atomic mass is 32.2. The number of thiazole rings is 1. The first-order valence-corrected chi connectivity index (χ1v) is 13.2. The van der Waals surface area contributed by atoms with Crippen LogP contribution in [0.3, 0.4) is 0 Å². The van der Waals surface area contributed by atoms with Gasteiger partial charge in [-0.15, -0.1) is 21.5 Å². The summed E-state index contributed by atoms with van der Waals surface area (Å²) in [4.78, 5) is 17.6. The predicted molar refractivity (Wildman–Crippen MR) is 133 cm³/mol. The molecule has 2 aliphatic carbocycles. The van der Waals surface area contributed by atoms with Gasteiger partial charge >= 0.3 is 0 Å². The Balaban J connectivity index is 1.08. The number of benzene rings is 2. The molecule has 2 heterocycles. The van der Waals surface area contributed by atoms with Crippen molar-refractivity contribution in [2.45, 2.75) is 61.4 Å². The van der Waals surface area contributed by atoms with E-state index in [1.165, 1.54) is 47.7 Å². The van der Waals surface area contributed by atoms with E-state index in [-0.39, 0.29) is 11.2 Å². The van der Waals surface area contributed by atoms with E-state index in [0.29, 0.717) is 12.0 Å². The second kappa shape index (κ2) is 8.57. The Hall–Kier alpha value is -2.71. The van der Waals surface area contributed by atoms with Gasteiger partial charge in [0.05, 0.1) is 20.5 Å².